The highest BCUT2D eigenvalue weighted by Gasteiger charge is 2.39. The first-order valence-electron chi connectivity index (χ1n) is 7.06. The minimum Gasteiger partial charge on any atom is -0.618 e. The molecule has 2 rings (SSSR count). The van der Waals surface area contributed by atoms with E-state index in [0.29, 0.717) is 0 Å². The largest absolute Gasteiger partial charge is 0.618 e. The molecule has 0 saturated carbocycles. The van der Waals surface area contributed by atoms with E-state index in [2.05, 4.69) is 10.3 Å². The molecular formula is C15H13F2N5O3. The summed E-state index contributed by atoms with van der Waals surface area (Å²) < 4.78 is 29.2. The second-order valence-corrected chi connectivity index (χ2v) is 5.17. The van der Waals surface area contributed by atoms with Gasteiger partial charge in [0.2, 0.25) is 0 Å². The van der Waals surface area contributed by atoms with Crippen LogP contribution in [0.15, 0.2) is 35.4 Å². The standard InChI is InChI=1S/C15H13F2N5O3/c1-10(23)8-21-11(6-18)7-19-13(14(21)24)20-9-15(16,17)12-4-2-3-5-22(12)25/h2-5,7H,8-9H2,1H3,(H,19,20). The molecule has 0 aliphatic heterocycles. The van der Waals surface area contributed by atoms with Crippen LogP contribution in [-0.2, 0) is 17.3 Å². The SMILES string of the molecule is CC(=O)Cn1c(C#N)cnc(NCC(F)(F)c2cccc[n+]2[O-])c1=O. The Morgan fingerprint density at radius 3 is 2.84 bits per heavy atom. The fraction of sp³-hybridized carbons (Fsp3) is 0.267. The molecule has 0 amide bonds. The Labute approximate surface area is 140 Å². The third-order valence-corrected chi connectivity index (χ3v) is 3.23. The van der Waals surface area contributed by atoms with Crippen LogP contribution in [0.1, 0.15) is 18.3 Å². The lowest BCUT2D eigenvalue weighted by Crippen LogP contribution is -2.41. The zero-order chi connectivity index (χ0) is 18.6. The van der Waals surface area contributed by atoms with Crippen molar-refractivity contribution in [3.63, 3.8) is 0 Å². The van der Waals surface area contributed by atoms with E-state index in [0.717, 1.165) is 23.0 Å². The number of nitrogens with one attached hydrogen (secondary N) is 1. The van der Waals surface area contributed by atoms with Crippen LogP contribution in [0.2, 0.25) is 0 Å². The van der Waals surface area contributed by atoms with Gasteiger partial charge in [0.1, 0.15) is 17.5 Å². The minimum absolute atomic E-state index is 0.0297. The van der Waals surface area contributed by atoms with Crippen molar-refractivity contribution in [2.45, 2.75) is 19.4 Å². The number of hydrogen-bond donors (Lipinski definition) is 1. The van der Waals surface area contributed by atoms with Gasteiger partial charge in [0.15, 0.2) is 12.0 Å². The molecule has 0 spiro atoms. The van der Waals surface area contributed by atoms with Crippen molar-refractivity contribution < 1.29 is 18.3 Å². The number of anilines is 1. The number of aromatic nitrogens is 3. The molecule has 0 aliphatic rings. The maximum Gasteiger partial charge on any atom is 0.347 e. The lowest BCUT2D eigenvalue weighted by Gasteiger charge is -2.16. The smallest absolute Gasteiger partial charge is 0.347 e. The molecule has 0 unspecified atom stereocenters. The van der Waals surface area contributed by atoms with Gasteiger partial charge in [-0.15, -0.1) is 0 Å². The summed E-state index contributed by atoms with van der Waals surface area (Å²) >= 11 is 0. The number of halogens is 2. The summed E-state index contributed by atoms with van der Waals surface area (Å²) in [5, 5.41) is 22.6. The Bertz CT molecular complexity index is 905. The highest BCUT2D eigenvalue weighted by molar-refractivity contribution is 5.75. The molecule has 2 heterocycles. The molecule has 0 bridgehead atoms. The van der Waals surface area contributed by atoms with Crippen LogP contribution >= 0.6 is 0 Å². The van der Waals surface area contributed by atoms with Gasteiger partial charge in [0.05, 0.1) is 19.3 Å². The highest BCUT2D eigenvalue weighted by atomic mass is 19.3. The molecule has 10 heteroatoms. The molecule has 1 N–H and O–H groups in total. The van der Waals surface area contributed by atoms with Gasteiger partial charge >= 0.3 is 5.92 Å². The third kappa shape index (κ3) is 3.95. The van der Waals surface area contributed by atoms with E-state index >= 15 is 0 Å². The maximum atomic E-state index is 14.2. The number of nitrogens with zero attached hydrogens (tertiary/aromatic N) is 4. The van der Waals surface area contributed by atoms with E-state index in [4.69, 9.17) is 5.26 Å². The minimum atomic E-state index is -3.57. The van der Waals surface area contributed by atoms with E-state index in [9.17, 15) is 23.6 Å². The number of carbonyl (C=O) groups excluding carboxylic acids is 1. The molecule has 25 heavy (non-hydrogen) atoms. The number of ketones is 1. The predicted octanol–water partition coefficient (Wildman–Crippen LogP) is 0.541. The predicted molar refractivity (Wildman–Crippen MR) is 81.7 cm³/mol. The molecule has 0 aromatic carbocycles. The van der Waals surface area contributed by atoms with Crippen molar-refractivity contribution >= 4 is 11.6 Å². The van der Waals surface area contributed by atoms with Gasteiger partial charge in [-0.1, -0.05) is 0 Å². The van der Waals surface area contributed by atoms with Crippen molar-refractivity contribution in [3.8, 4) is 6.07 Å². The molecule has 8 nitrogen and oxygen atoms in total. The van der Waals surface area contributed by atoms with Crippen molar-refractivity contribution in [2.24, 2.45) is 0 Å². The molecule has 0 saturated heterocycles. The number of Topliss-reactive ketones (excluding diaryl/α,β-unsaturated/α-hetero) is 1. The lowest BCUT2D eigenvalue weighted by atomic mass is 10.2. The van der Waals surface area contributed by atoms with Gasteiger partial charge in [-0.3, -0.25) is 14.2 Å². The Hall–Kier alpha value is -3.35. The fourth-order valence-corrected chi connectivity index (χ4v) is 2.07. The third-order valence-electron chi connectivity index (χ3n) is 3.23. The lowest BCUT2D eigenvalue weighted by molar-refractivity contribution is -0.624. The molecule has 0 atom stereocenters. The van der Waals surface area contributed by atoms with E-state index in [-0.39, 0.29) is 17.0 Å². The van der Waals surface area contributed by atoms with E-state index in [1.807, 2.05) is 0 Å². The summed E-state index contributed by atoms with van der Waals surface area (Å²) in [6, 6.07) is 5.27. The monoisotopic (exact) mass is 349 g/mol. The van der Waals surface area contributed by atoms with Crippen molar-refractivity contribution in [2.75, 3.05) is 11.9 Å². The van der Waals surface area contributed by atoms with Gasteiger partial charge < -0.3 is 10.5 Å². The number of hydrogen-bond acceptors (Lipinski definition) is 6. The van der Waals surface area contributed by atoms with Gasteiger partial charge in [0, 0.05) is 12.1 Å². The summed E-state index contributed by atoms with van der Waals surface area (Å²) in [7, 11) is 0. The number of pyridine rings is 1. The first kappa shape index (κ1) is 18.0. The number of alkyl halides is 2. The van der Waals surface area contributed by atoms with Crippen molar-refractivity contribution in [1.29, 1.82) is 5.26 Å². The van der Waals surface area contributed by atoms with Crippen LogP contribution in [-0.4, -0.2) is 21.9 Å². The summed E-state index contributed by atoms with van der Waals surface area (Å²) in [4.78, 5) is 27.1. The molecular weight excluding hydrogens is 336 g/mol. The van der Waals surface area contributed by atoms with E-state index in [1.54, 1.807) is 6.07 Å². The Morgan fingerprint density at radius 2 is 2.24 bits per heavy atom. The second-order valence-electron chi connectivity index (χ2n) is 5.17. The first-order valence-corrected chi connectivity index (χ1v) is 7.06. The fourth-order valence-electron chi connectivity index (χ4n) is 2.07. The van der Waals surface area contributed by atoms with Crippen molar-refractivity contribution in [1.82, 2.24) is 9.55 Å². The molecule has 0 fully saturated rings. The Balaban J connectivity index is 2.29. The van der Waals surface area contributed by atoms with Crippen LogP contribution in [0.25, 0.3) is 0 Å². The van der Waals surface area contributed by atoms with Gasteiger partial charge in [-0.25, -0.2) is 4.98 Å². The summed E-state index contributed by atoms with van der Waals surface area (Å²) in [6.45, 7) is -0.223. The quantitative estimate of drug-likeness (QED) is 0.601. The van der Waals surface area contributed by atoms with Crippen LogP contribution in [0.4, 0.5) is 14.6 Å². The van der Waals surface area contributed by atoms with E-state index in [1.165, 1.54) is 19.1 Å². The summed E-state index contributed by atoms with van der Waals surface area (Å²) in [5.74, 6) is -4.41. The molecule has 2 aromatic rings. The topological polar surface area (TPSA) is 115 Å². The highest BCUT2D eigenvalue weighted by Crippen LogP contribution is 2.24. The molecule has 0 aliphatic carbocycles. The van der Waals surface area contributed by atoms with E-state index < -0.39 is 35.3 Å². The molecule has 2 aromatic heterocycles. The van der Waals surface area contributed by atoms with Gasteiger partial charge in [-0.2, -0.15) is 18.8 Å². The Kier molecular flexibility index (Phi) is 5.07. The molecule has 0 radical (unpaired) electrons. The van der Waals surface area contributed by atoms with Crippen LogP contribution in [0, 0.1) is 16.5 Å². The summed E-state index contributed by atoms with van der Waals surface area (Å²) in [6.07, 6.45) is 1.93. The number of nitriles is 1. The summed E-state index contributed by atoms with van der Waals surface area (Å²) in [5.41, 5.74) is -1.84. The zero-order valence-corrected chi connectivity index (χ0v) is 13.1. The normalized spacial score (nSPS) is 11.0. The number of rotatable bonds is 6. The number of carbonyl (C=O) groups is 1. The Morgan fingerprint density at radius 1 is 1.52 bits per heavy atom. The van der Waals surface area contributed by atoms with Crippen LogP contribution < -0.4 is 15.6 Å². The van der Waals surface area contributed by atoms with Gasteiger partial charge in [0.25, 0.3) is 11.3 Å². The molecule has 130 valence electrons. The maximum absolute atomic E-state index is 14.2. The first-order chi connectivity index (χ1) is 11.8. The average molecular weight is 349 g/mol. The van der Waals surface area contributed by atoms with Gasteiger partial charge in [-0.05, 0) is 13.0 Å². The van der Waals surface area contributed by atoms with Crippen LogP contribution in [0.5, 0.6) is 0 Å². The van der Waals surface area contributed by atoms with Crippen molar-refractivity contribution in [3.05, 3.63) is 57.5 Å². The zero-order valence-electron chi connectivity index (χ0n) is 13.1. The van der Waals surface area contributed by atoms with Crippen LogP contribution in [0.3, 0.4) is 0 Å². The average Bonchev–Trinajstić information content (AvgIpc) is 2.55. The second kappa shape index (κ2) is 7.04.